The predicted molar refractivity (Wildman–Crippen MR) is 72.5 cm³/mol. The van der Waals surface area contributed by atoms with Gasteiger partial charge in [-0.15, -0.1) is 22.7 Å². The van der Waals surface area contributed by atoms with E-state index in [9.17, 15) is 4.79 Å². The number of carbonyl (C=O) groups is 1. The third kappa shape index (κ3) is 2.33. The molecule has 1 aliphatic heterocycles. The lowest BCUT2D eigenvalue weighted by Crippen LogP contribution is -1.99. The molecule has 0 bridgehead atoms. The van der Waals surface area contributed by atoms with E-state index in [0.29, 0.717) is 0 Å². The fraction of sp³-hybridized carbons (Fsp3) is 0.154. The topological polar surface area (TPSA) is 20.1 Å². The molecule has 0 spiro atoms. The van der Waals surface area contributed by atoms with Gasteiger partial charge in [-0.3, -0.25) is 4.79 Å². The van der Waals surface area contributed by atoms with E-state index in [2.05, 4.69) is 11.0 Å². The lowest BCUT2D eigenvalue weighted by Gasteiger charge is -2.05. The SMILES string of the molecule is O=C(/C=C(\c1cccs1)N1CC1)c1cccs1. The molecule has 3 heterocycles. The molecule has 1 saturated heterocycles. The Bertz CT molecular complexity index is 536. The van der Waals surface area contributed by atoms with Gasteiger partial charge in [0.25, 0.3) is 0 Å². The molecule has 0 aromatic carbocycles. The van der Waals surface area contributed by atoms with Crippen molar-refractivity contribution in [3.05, 3.63) is 50.9 Å². The quantitative estimate of drug-likeness (QED) is 0.478. The lowest BCUT2D eigenvalue weighted by molar-refractivity contribution is 0.105. The molecule has 0 atom stereocenters. The van der Waals surface area contributed by atoms with E-state index < -0.39 is 0 Å². The van der Waals surface area contributed by atoms with Gasteiger partial charge >= 0.3 is 0 Å². The molecule has 0 amide bonds. The number of carbonyl (C=O) groups excluding carboxylic acids is 1. The minimum Gasteiger partial charge on any atom is -0.367 e. The summed E-state index contributed by atoms with van der Waals surface area (Å²) in [4.78, 5) is 16.3. The van der Waals surface area contributed by atoms with E-state index in [1.54, 1.807) is 17.4 Å². The van der Waals surface area contributed by atoms with Gasteiger partial charge < -0.3 is 4.90 Å². The zero-order valence-corrected chi connectivity index (χ0v) is 10.8. The average molecular weight is 261 g/mol. The van der Waals surface area contributed by atoms with Crippen LogP contribution in [0, 0.1) is 0 Å². The Kier molecular flexibility index (Phi) is 2.82. The largest absolute Gasteiger partial charge is 0.367 e. The zero-order chi connectivity index (χ0) is 11.7. The van der Waals surface area contributed by atoms with Gasteiger partial charge in [0.05, 0.1) is 15.5 Å². The molecule has 0 N–H and O–H groups in total. The van der Waals surface area contributed by atoms with Gasteiger partial charge in [-0.05, 0) is 22.9 Å². The summed E-state index contributed by atoms with van der Waals surface area (Å²) in [5.41, 5.74) is 1.07. The van der Waals surface area contributed by atoms with E-state index >= 15 is 0 Å². The summed E-state index contributed by atoms with van der Waals surface area (Å²) in [5, 5.41) is 3.98. The third-order valence-electron chi connectivity index (χ3n) is 2.59. The Hall–Kier alpha value is -1.39. The first-order valence-corrected chi connectivity index (χ1v) is 7.19. The van der Waals surface area contributed by atoms with Gasteiger partial charge in [0.2, 0.25) is 0 Å². The van der Waals surface area contributed by atoms with Gasteiger partial charge in [-0.25, -0.2) is 0 Å². The predicted octanol–water partition coefficient (Wildman–Crippen LogP) is 3.35. The van der Waals surface area contributed by atoms with E-state index in [4.69, 9.17) is 0 Å². The van der Waals surface area contributed by atoms with Crippen LogP contribution in [-0.2, 0) is 0 Å². The monoisotopic (exact) mass is 261 g/mol. The molecule has 0 radical (unpaired) electrons. The maximum absolute atomic E-state index is 12.1. The van der Waals surface area contributed by atoms with Crippen molar-refractivity contribution in [2.45, 2.75) is 0 Å². The van der Waals surface area contributed by atoms with E-state index in [-0.39, 0.29) is 5.78 Å². The number of hydrogen-bond acceptors (Lipinski definition) is 4. The second-order valence-electron chi connectivity index (χ2n) is 3.84. The van der Waals surface area contributed by atoms with Crippen LogP contribution in [0.4, 0.5) is 0 Å². The van der Waals surface area contributed by atoms with Crippen molar-refractivity contribution in [2.24, 2.45) is 0 Å². The summed E-state index contributed by atoms with van der Waals surface area (Å²) in [6, 6.07) is 7.87. The van der Waals surface area contributed by atoms with E-state index in [1.807, 2.05) is 29.0 Å². The average Bonchev–Trinajstić information content (AvgIpc) is 2.87. The molecule has 0 unspecified atom stereocenters. The fourth-order valence-electron chi connectivity index (χ4n) is 1.65. The van der Waals surface area contributed by atoms with Crippen molar-refractivity contribution in [1.29, 1.82) is 0 Å². The molecule has 4 heteroatoms. The molecule has 2 aromatic heterocycles. The molecule has 0 saturated carbocycles. The van der Waals surface area contributed by atoms with Crippen LogP contribution in [0.2, 0.25) is 0 Å². The minimum atomic E-state index is 0.107. The summed E-state index contributed by atoms with van der Waals surface area (Å²) in [6.45, 7) is 2.11. The first kappa shape index (κ1) is 10.7. The molecule has 17 heavy (non-hydrogen) atoms. The van der Waals surface area contributed by atoms with Crippen LogP contribution < -0.4 is 0 Å². The number of ketones is 1. The molecule has 1 aliphatic rings. The first-order valence-electron chi connectivity index (χ1n) is 5.43. The minimum absolute atomic E-state index is 0.107. The van der Waals surface area contributed by atoms with Crippen LogP contribution in [0.5, 0.6) is 0 Å². The summed E-state index contributed by atoms with van der Waals surface area (Å²) < 4.78 is 0. The second kappa shape index (κ2) is 4.47. The van der Waals surface area contributed by atoms with Crippen LogP contribution in [0.25, 0.3) is 5.70 Å². The highest BCUT2D eigenvalue weighted by atomic mass is 32.1. The Morgan fingerprint density at radius 1 is 1.12 bits per heavy atom. The Morgan fingerprint density at radius 2 is 1.76 bits per heavy atom. The molecular formula is C13H11NOS2. The number of nitrogens with zero attached hydrogens (tertiary/aromatic N) is 1. The van der Waals surface area contributed by atoms with Crippen molar-refractivity contribution in [1.82, 2.24) is 4.90 Å². The van der Waals surface area contributed by atoms with Crippen LogP contribution in [0.1, 0.15) is 14.5 Å². The second-order valence-corrected chi connectivity index (χ2v) is 5.73. The van der Waals surface area contributed by atoms with Crippen molar-refractivity contribution in [3.63, 3.8) is 0 Å². The van der Waals surface area contributed by atoms with Gasteiger partial charge in [0.15, 0.2) is 5.78 Å². The van der Waals surface area contributed by atoms with E-state index in [0.717, 1.165) is 23.7 Å². The Morgan fingerprint density at radius 3 is 2.29 bits per heavy atom. The van der Waals surface area contributed by atoms with Gasteiger partial charge in [-0.1, -0.05) is 12.1 Å². The number of rotatable bonds is 4. The van der Waals surface area contributed by atoms with Gasteiger partial charge in [0.1, 0.15) is 0 Å². The molecular weight excluding hydrogens is 250 g/mol. The van der Waals surface area contributed by atoms with Crippen LogP contribution in [0.3, 0.4) is 0 Å². The molecule has 0 aliphatic carbocycles. The fourth-order valence-corrected chi connectivity index (χ4v) is 3.05. The van der Waals surface area contributed by atoms with Crippen molar-refractivity contribution in [3.8, 4) is 0 Å². The summed E-state index contributed by atoms with van der Waals surface area (Å²) in [6.07, 6.45) is 1.77. The Labute approximate surface area is 108 Å². The van der Waals surface area contributed by atoms with Crippen molar-refractivity contribution < 1.29 is 4.79 Å². The lowest BCUT2D eigenvalue weighted by atomic mass is 10.2. The molecule has 2 nitrogen and oxygen atoms in total. The standard InChI is InChI=1S/C13H11NOS2/c15-11(13-4-2-8-17-13)9-10(14-5-6-14)12-3-1-7-16-12/h1-4,7-9H,5-6H2/b10-9+. The van der Waals surface area contributed by atoms with Crippen LogP contribution in [0.15, 0.2) is 41.1 Å². The van der Waals surface area contributed by atoms with Crippen LogP contribution >= 0.6 is 22.7 Å². The summed E-state index contributed by atoms with van der Waals surface area (Å²) in [7, 11) is 0. The highest BCUT2D eigenvalue weighted by Gasteiger charge is 2.23. The van der Waals surface area contributed by atoms with Crippen LogP contribution in [-0.4, -0.2) is 23.8 Å². The Balaban J connectivity index is 1.91. The van der Waals surface area contributed by atoms with Crippen molar-refractivity contribution in [2.75, 3.05) is 13.1 Å². The summed E-state index contributed by atoms with van der Waals surface area (Å²) >= 11 is 3.17. The van der Waals surface area contributed by atoms with E-state index in [1.165, 1.54) is 16.2 Å². The maximum Gasteiger partial charge on any atom is 0.197 e. The molecule has 2 aromatic rings. The number of hydrogen-bond donors (Lipinski definition) is 0. The van der Waals surface area contributed by atoms with Crippen molar-refractivity contribution >= 4 is 34.2 Å². The van der Waals surface area contributed by atoms with Gasteiger partial charge in [-0.2, -0.15) is 0 Å². The third-order valence-corrected chi connectivity index (χ3v) is 4.37. The highest BCUT2D eigenvalue weighted by molar-refractivity contribution is 7.12. The zero-order valence-electron chi connectivity index (χ0n) is 9.13. The maximum atomic E-state index is 12.1. The number of thiophene rings is 2. The van der Waals surface area contributed by atoms with Gasteiger partial charge in [0, 0.05) is 19.2 Å². The smallest absolute Gasteiger partial charge is 0.197 e. The molecule has 3 rings (SSSR count). The molecule has 86 valence electrons. The summed E-state index contributed by atoms with van der Waals surface area (Å²) in [5.74, 6) is 0.107. The number of allylic oxidation sites excluding steroid dienone is 1. The molecule has 1 fully saturated rings. The first-order chi connectivity index (χ1) is 8.34. The highest BCUT2D eigenvalue weighted by Crippen LogP contribution is 2.29. The normalized spacial score (nSPS) is 15.1.